The van der Waals surface area contributed by atoms with Crippen LogP contribution in [0, 0.1) is 0 Å². The Morgan fingerprint density at radius 1 is 1.23 bits per heavy atom. The van der Waals surface area contributed by atoms with E-state index in [0.717, 1.165) is 6.07 Å². The van der Waals surface area contributed by atoms with Gasteiger partial charge in [0, 0.05) is 6.20 Å². The smallest absolute Gasteiger partial charge is 0.404 e. The van der Waals surface area contributed by atoms with Crippen LogP contribution in [0.25, 0.3) is 0 Å². The second-order valence-electron chi connectivity index (χ2n) is 4.26. The molecule has 1 aromatic carbocycles. The third kappa shape index (κ3) is 4.92. The topological polar surface area (TPSA) is 51.2 Å². The Hall–Kier alpha value is -2.28. The Balaban J connectivity index is 2.07. The second-order valence-corrected chi connectivity index (χ2v) is 4.65. The van der Waals surface area contributed by atoms with Crippen LogP contribution in [0.1, 0.15) is 5.56 Å². The first-order valence-corrected chi connectivity index (χ1v) is 6.46. The maximum atomic E-state index is 12.3. The molecule has 0 aliphatic carbocycles. The molecule has 1 N–H and O–H groups in total. The minimum absolute atomic E-state index is 0.0511. The number of aromatic nitrogens is 1. The van der Waals surface area contributed by atoms with E-state index in [0.29, 0.717) is 5.56 Å². The number of para-hydroxylation sites is 2. The summed E-state index contributed by atoms with van der Waals surface area (Å²) in [4.78, 5) is 15.7. The Morgan fingerprint density at radius 2 is 1.95 bits per heavy atom. The van der Waals surface area contributed by atoms with Gasteiger partial charge in [0.05, 0.1) is 12.1 Å². The number of anilines is 1. The summed E-state index contributed by atoms with van der Waals surface area (Å²) in [5, 5.41) is 2.66. The first-order valence-electron chi connectivity index (χ1n) is 6.08. The fourth-order valence-corrected chi connectivity index (χ4v) is 1.79. The largest absolute Gasteiger partial charge is 0.573 e. The highest BCUT2D eigenvalue weighted by atomic mass is 35.5. The third-order valence-corrected chi connectivity index (χ3v) is 2.76. The summed E-state index contributed by atoms with van der Waals surface area (Å²) in [5.41, 5.74) is 0.517. The minimum Gasteiger partial charge on any atom is -0.404 e. The van der Waals surface area contributed by atoms with E-state index in [4.69, 9.17) is 11.6 Å². The summed E-state index contributed by atoms with van der Waals surface area (Å²) in [6.45, 7) is 0. The predicted molar refractivity (Wildman–Crippen MR) is 74.7 cm³/mol. The maximum Gasteiger partial charge on any atom is 0.573 e. The van der Waals surface area contributed by atoms with E-state index in [-0.39, 0.29) is 17.3 Å². The van der Waals surface area contributed by atoms with E-state index < -0.39 is 18.0 Å². The number of carbonyl (C=O) groups is 1. The van der Waals surface area contributed by atoms with Gasteiger partial charge in [-0.1, -0.05) is 29.8 Å². The number of halogens is 4. The van der Waals surface area contributed by atoms with Crippen molar-refractivity contribution < 1.29 is 22.7 Å². The Labute approximate surface area is 128 Å². The van der Waals surface area contributed by atoms with Gasteiger partial charge in [-0.2, -0.15) is 0 Å². The number of benzene rings is 1. The lowest BCUT2D eigenvalue weighted by molar-refractivity contribution is -0.274. The first-order chi connectivity index (χ1) is 10.3. The number of nitrogens with zero attached hydrogens (tertiary/aromatic N) is 1. The summed E-state index contributed by atoms with van der Waals surface area (Å²) in [5.74, 6) is -0.972. The zero-order valence-electron chi connectivity index (χ0n) is 11.0. The molecule has 8 heteroatoms. The molecule has 0 fully saturated rings. The van der Waals surface area contributed by atoms with Gasteiger partial charge in [0.1, 0.15) is 5.15 Å². The number of rotatable bonds is 4. The zero-order chi connectivity index (χ0) is 16.2. The molecule has 4 nitrogen and oxygen atoms in total. The summed E-state index contributed by atoms with van der Waals surface area (Å²) in [7, 11) is 0. The van der Waals surface area contributed by atoms with Crippen molar-refractivity contribution in [1.82, 2.24) is 4.98 Å². The average molecular weight is 331 g/mol. The van der Waals surface area contributed by atoms with E-state index in [1.54, 1.807) is 6.07 Å². The fraction of sp³-hybridized carbons (Fsp3) is 0.143. The summed E-state index contributed by atoms with van der Waals surface area (Å²) >= 11 is 5.63. The highest BCUT2D eigenvalue weighted by molar-refractivity contribution is 6.29. The maximum absolute atomic E-state index is 12.3. The normalized spacial score (nSPS) is 11.1. The number of alkyl halides is 3. The van der Waals surface area contributed by atoms with Crippen molar-refractivity contribution in [1.29, 1.82) is 0 Å². The van der Waals surface area contributed by atoms with E-state index >= 15 is 0 Å². The lowest BCUT2D eigenvalue weighted by atomic mass is 10.2. The monoisotopic (exact) mass is 330 g/mol. The molecule has 0 spiro atoms. The van der Waals surface area contributed by atoms with Crippen molar-refractivity contribution in [2.75, 3.05) is 5.32 Å². The molecule has 116 valence electrons. The molecule has 0 bridgehead atoms. The molecular weight excluding hydrogens is 321 g/mol. The number of ether oxygens (including phenoxy) is 1. The van der Waals surface area contributed by atoms with Gasteiger partial charge >= 0.3 is 6.36 Å². The number of pyridine rings is 1. The van der Waals surface area contributed by atoms with Crippen LogP contribution in [0.3, 0.4) is 0 Å². The van der Waals surface area contributed by atoms with Crippen LogP contribution < -0.4 is 10.1 Å². The third-order valence-electron chi connectivity index (χ3n) is 2.54. The van der Waals surface area contributed by atoms with Crippen molar-refractivity contribution >= 4 is 23.2 Å². The van der Waals surface area contributed by atoms with Crippen LogP contribution in [0.4, 0.5) is 18.9 Å². The van der Waals surface area contributed by atoms with Gasteiger partial charge in [0.25, 0.3) is 0 Å². The molecule has 0 aliphatic rings. The van der Waals surface area contributed by atoms with E-state index in [9.17, 15) is 18.0 Å². The Kier molecular flexibility index (Phi) is 4.87. The van der Waals surface area contributed by atoms with Gasteiger partial charge in [-0.25, -0.2) is 4.98 Å². The molecule has 22 heavy (non-hydrogen) atoms. The molecule has 1 aromatic heterocycles. The molecule has 2 rings (SSSR count). The molecule has 0 saturated carbocycles. The molecule has 0 aliphatic heterocycles. The van der Waals surface area contributed by atoms with Crippen LogP contribution in [0.2, 0.25) is 5.15 Å². The van der Waals surface area contributed by atoms with Crippen LogP contribution in [0.5, 0.6) is 5.75 Å². The van der Waals surface area contributed by atoms with Gasteiger partial charge in [0.2, 0.25) is 5.91 Å². The van der Waals surface area contributed by atoms with Gasteiger partial charge in [-0.15, -0.1) is 13.2 Å². The van der Waals surface area contributed by atoms with Gasteiger partial charge in [-0.3, -0.25) is 4.79 Å². The standard InChI is InChI=1S/C14H10ClF3N2O2/c15-12-6-5-9(8-19-12)7-13(21)20-10-3-1-2-4-11(10)22-14(16,17)18/h1-6,8H,7H2,(H,20,21). The lowest BCUT2D eigenvalue weighted by Gasteiger charge is -2.13. The molecular formula is C14H10ClF3N2O2. The van der Waals surface area contributed by atoms with Crippen LogP contribution in [-0.2, 0) is 11.2 Å². The fourth-order valence-electron chi connectivity index (χ4n) is 1.67. The van der Waals surface area contributed by atoms with Crippen molar-refractivity contribution in [2.24, 2.45) is 0 Å². The SMILES string of the molecule is O=C(Cc1ccc(Cl)nc1)Nc1ccccc1OC(F)(F)F. The number of carbonyl (C=O) groups excluding carboxylic acids is 1. The van der Waals surface area contributed by atoms with Crippen LogP contribution in [-0.4, -0.2) is 17.3 Å². The first kappa shape index (κ1) is 16.1. The highest BCUT2D eigenvalue weighted by Gasteiger charge is 2.32. The van der Waals surface area contributed by atoms with Crippen molar-refractivity contribution in [2.45, 2.75) is 12.8 Å². The predicted octanol–water partition coefficient (Wildman–Crippen LogP) is 3.81. The molecule has 0 saturated heterocycles. The summed E-state index contributed by atoms with van der Waals surface area (Å²) in [6, 6.07) is 8.42. The van der Waals surface area contributed by atoms with Gasteiger partial charge in [0.15, 0.2) is 5.75 Å². The molecule has 1 heterocycles. The Morgan fingerprint density at radius 3 is 2.59 bits per heavy atom. The van der Waals surface area contributed by atoms with Crippen molar-refractivity contribution in [3.8, 4) is 5.75 Å². The number of amides is 1. The summed E-state index contributed by atoms with van der Waals surface area (Å²) in [6.07, 6.45) is -3.47. The van der Waals surface area contributed by atoms with Crippen LogP contribution in [0.15, 0.2) is 42.6 Å². The van der Waals surface area contributed by atoms with Gasteiger partial charge < -0.3 is 10.1 Å². The van der Waals surface area contributed by atoms with E-state index in [1.807, 2.05) is 0 Å². The number of hydrogen-bond donors (Lipinski definition) is 1. The van der Waals surface area contributed by atoms with Crippen molar-refractivity contribution in [3.05, 3.63) is 53.3 Å². The zero-order valence-corrected chi connectivity index (χ0v) is 11.8. The quantitative estimate of drug-likeness (QED) is 0.867. The molecule has 0 unspecified atom stereocenters. The second kappa shape index (κ2) is 6.65. The molecule has 2 aromatic rings. The number of nitrogens with one attached hydrogen (secondary N) is 1. The minimum atomic E-state index is -4.83. The molecule has 1 amide bonds. The lowest BCUT2D eigenvalue weighted by Crippen LogP contribution is -2.20. The molecule has 0 radical (unpaired) electrons. The van der Waals surface area contributed by atoms with Gasteiger partial charge in [-0.05, 0) is 23.8 Å². The Bertz CT molecular complexity index is 660. The average Bonchev–Trinajstić information content (AvgIpc) is 2.42. The van der Waals surface area contributed by atoms with Crippen molar-refractivity contribution in [3.63, 3.8) is 0 Å². The highest BCUT2D eigenvalue weighted by Crippen LogP contribution is 2.29. The van der Waals surface area contributed by atoms with E-state index in [1.165, 1.54) is 30.5 Å². The number of hydrogen-bond acceptors (Lipinski definition) is 3. The molecule has 0 atom stereocenters. The van der Waals surface area contributed by atoms with Crippen LogP contribution >= 0.6 is 11.6 Å². The van der Waals surface area contributed by atoms with E-state index in [2.05, 4.69) is 15.0 Å². The summed E-state index contributed by atoms with van der Waals surface area (Å²) < 4.78 is 40.7.